The first-order valence-corrected chi connectivity index (χ1v) is 12.8. The first-order chi connectivity index (χ1) is 16.9. The van der Waals surface area contributed by atoms with Crippen LogP contribution in [0.3, 0.4) is 0 Å². The monoisotopic (exact) mass is 486 g/mol. The average molecular weight is 487 g/mol. The number of aromatic amines is 1. The lowest BCUT2D eigenvalue weighted by atomic mass is 10.0. The van der Waals surface area contributed by atoms with E-state index < -0.39 is 0 Å². The van der Waals surface area contributed by atoms with Crippen molar-refractivity contribution in [2.24, 2.45) is 0 Å². The number of benzene rings is 2. The van der Waals surface area contributed by atoms with Crippen molar-refractivity contribution in [3.05, 3.63) is 86.3 Å². The van der Waals surface area contributed by atoms with Crippen molar-refractivity contribution < 1.29 is 4.79 Å². The Morgan fingerprint density at radius 1 is 0.943 bits per heavy atom. The predicted octanol–water partition coefficient (Wildman–Crippen LogP) is 4.46. The summed E-state index contributed by atoms with van der Waals surface area (Å²) in [5.74, 6) is 0.845. The summed E-state index contributed by atoms with van der Waals surface area (Å²) >= 11 is 1.57. The van der Waals surface area contributed by atoms with Crippen LogP contribution < -0.4 is 5.56 Å². The van der Waals surface area contributed by atoms with Crippen molar-refractivity contribution >= 4 is 27.5 Å². The number of piperazine rings is 1. The molecule has 1 aliphatic rings. The second kappa shape index (κ2) is 9.76. The molecule has 5 rings (SSSR count). The number of amides is 1. The Balaban J connectivity index is 1.26. The Bertz CT molecular complexity index is 1410. The SMILES string of the molecule is Cc1ccc(CC(=O)N2CCN(Cc3nc4sc(C)c(-c5ccc(C)cc5)c4c(=O)[nH]3)CC2)cc1. The third-order valence-corrected chi connectivity index (χ3v) is 7.70. The smallest absolute Gasteiger partial charge is 0.260 e. The minimum Gasteiger partial charge on any atom is -0.340 e. The number of nitrogens with one attached hydrogen (secondary N) is 1. The summed E-state index contributed by atoms with van der Waals surface area (Å²) < 4.78 is 0. The van der Waals surface area contributed by atoms with Gasteiger partial charge in [0.05, 0.1) is 18.4 Å². The van der Waals surface area contributed by atoms with Gasteiger partial charge in [0.15, 0.2) is 0 Å². The molecule has 0 unspecified atom stereocenters. The lowest BCUT2D eigenvalue weighted by molar-refractivity contribution is -0.132. The maximum atomic E-state index is 13.1. The van der Waals surface area contributed by atoms with Gasteiger partial charge in [0, 0.05) is 36.6 Å². The van der Waals surface area contributed by atoms with Gasteiger partial charge in [-0.1, -0.05) is 59.7 Å². The molecule has 1 fully saturated rings. The zero-order valence-corrected chi connectivity index (χ0v) is 21.2. The molecule has 0 saturated carbocycles. The Morgan fingerprint density at radius 3 is 2.23 bits per heavy atom. The van der Waals surface area contributed by atoms with E-state index in [0.29, 0.717) is 37.3 Å². The second-order valence-corrected chi connectivity index (χ2v) is 10.6. The molecule has 1 N–H and O–H groups in total. The number of H-pyrrole nitrogens is 1. The van der Waals surface area contributed by atoms with E-state index in [4.69, 9.17) is 4.98 Å². The van der Waals surface area contributed by atoms with Crippen LogP contribution in [0.15, 0.2) is 53.3 Å². The van der Waals surface area contributed by atoms with Crippen LogP contribution in [0.2, 0.25) is 0 Å². The van der Waals surface area contributed by atoms with E-state index in [1.165, 1.54) is 11.1 Å². The Kier molecular flexibility index (Phi) is 6.54. The third kappa shape index (κ3) is 5.06. The van der Waals surface area contributed by atoms with Crippen LogP contribution in [0, 0.1) is 20.8 Å². The molecule has 2 aromatic carbocycles. The van der Waals surface area contributed by atoms with E-state index in [1.54, 1.807) is 11.3 Å². The Labute approximate surface area is 209 Å². The van der Waals surface area contributed by atoms with Crippen molar-refractivity contribution in [3.63, 3.8) is 0 Å². The van der Waals surface area contributed by atoms with E-state index in [-0.39, 0.29) is 11.5 Å². The molecule has 7 heteroatoms. The van der Waals surface area contributed by atoms with Crippen LogP contribution >= 0.6 is 11.3 Å². The molecule has 180 valence electrons. The van der Waals surface area contributed by atoms with Crippen molar-refractivity contribution in [1.82, 2.24) is 19.8 Å². The van der Waals surface area contributed by atoms with Gasteiger partial charge in [-0.25, -0.2) is 4.98 Å². The highest BCUT2D eigenvalue weighted by atomic mass is 32.1. The van der Waals surface area contributed by atoms with Crippen molar-refractivity contribution in [2.45, 2.75) is 33.7 Å². The van der Waals surface area contributed by atoms with Gasteiger partial charge in [0.2, 0.25) is 5.91 Å². The molecule has 2 aromatic heterocycles. The number of nitrogens with zero attached hydrogens (tertiary/aromatic N) is 3. The molecule has 4 aromatic rings. The van der Waals surface area contributed by atoms with Gasteiger partial charge < -0.3 is 9.88 Å². The number of carbonyl (C=O) groups is 1. The molecule has 35 heavy (non-hydrogen) atoms. The summed E-state index contributed by atoms with van der Waals surface area (Å²) in [7, 11) is 0. The highest BCUT2D eigenvalue weighted by Gasteiger charge is 2.23. The number of aromatic nitrogens is 2. The zero-order valence-electron chi connectivity index (χ0n) is 20.4. The molecule has 0 radical (unpaired) electrons. The average Bonchev–Trinajstić information content (AvgIpc) is 3.17. The molecular weight excluding hydrogens is 456 g/mol. The van der Waals surface area contributed by atoms with Crippen LogP contribution in [-0.4, -0.2) is 51.9 Å². The van der Waals surface area contributed by atoms with Crippen LogP contribution in [0.1, 0.15) is 27.4 Å². The van der Waals surface area contributed by atoms with Crippen LogP contribution in [0.4, 0.5) is 0 Å². The lowest BCUT2D eigenvalue weighted by Gasteiger charge is -2.34. The van der Waals surface area contributed by atoms with Gasteiger partial charge in [-0.15, -0.1) is 11.3 Å². The highest BCUT2D eigenvalue weighted by Crippen LogP contribution is 2.35. The number of thiophene rings is 1. The quantitative estimate of drug-likeness (QED) is 0.452. The van der Waals surface area contributed by atoms with E-state index in [0.717, 1.165) is 39.5 Å². The summed E-state index contributed by atoms with van der Waals surface area (Å²) in [4.78, 5) is 39.7. The van der Waals surface area contributed by atoms with E-state index in [2.05, 4.69) is 41.1 Å². The van der Waals surface area contributed by atoms with Gasteiger partial charge in [-0.05, 0) is 31.9 Å². The molecule has 3 heterocycles. The zero-order chi connectivity index (χ0) is 24.5. The van der Waals surface area contributed by atoms with Crippen LogP contribution in [0.5, 0.6) is 0 Å². The summed E-state index contributed by atoms with van der Waals surface area (Å²) in [6.07, 6.45) is 0.437. The minimum absolute atomic E-state index is 0.0863. The molecule has 0 spiro atoms. The fourth-order valence-electron chi connectivity index (χ4n) is 4.67. The van der Waals surface area contributed by atoms with Crippen molar-refractivity contribution in [2.75, 3.05) is 26.2 Å². The fourth-order valence-corrected chi connectivity index (χ4v) is 5.73. The normalized spacial score (nSPS) is 14.5. The molecule has 6 nitrogen and oxygen atoms in total. The number of aryl methyl sites for hydroxylation is 3. The topological polar surface area (TPSA) is 69.3 Å². The van der Waals surface area contributed by atoms with Gasteiger partial charge >= 0.3 is 0 Å². The standard InChI is InChI=1S/C28H30N4O2S/c1-18-4-8-21(9-5-18)16-24(33)32-14-12-31(13-15-32)17-23-29-27(34)26-25(20(3)35-28(26)30-23)22-10-6-19(2)7-11-22/h4-11H,12-17H2,1-3H3,(H,29,30,34). The summed E-state index contributed by atoms with van der Waals surface area (Å²) in [5.41, 5.74) is 5.38. The third-order valence-electron chi connectivity index (χ3n) is 6.70. The highest BCUT2D eigenvalue weighted by molar-refractivity contribution is 7.19. The molecule has 1 saturated heterocycles. The van der Waals surface area contributed by atoms with Crippen molar-refractivity contribution in [1.29, 1.82) is 0 Å². The maximum Gasteiger partial charge on any atom is 0.260 e. The first-order valence-electron chi connectivity index (χ1n) is 12.0. The number of carbonyl (C=O) groups excluding carboxylic acids is 1. The van der Waals surface area contributed by atoms with Gasteiger partial charge in [-0.2, -0.15) is 0 Å². The summed E-state index contributed by atoms with van der Waals surface area (Å²) in [5, 5.41) is 0.673. The molecule has 1 aliphatic heterocycles. The Morgan fingerprint density at radius 2 is 1.57 bits per heavy atom. The lowest BCUT2D eigenvalue weighted by Crippen LogP contribution is -2.49. The van der Waals surface area contributed by atoms with E-state index >= 15 is 0 Å². The maximum absolute atomic E-state index is 13.1. The van der Waals surface area contributed by atoms with Crippen LogP contribution in [-0.2, 0) is 17.8 Å². The molecule has 0 atom stereocenters. The predicted molar refractivity (Wildman–Crippen MR) is 142 cm³/mol. The number of hydrogen-bond acceptors (Lipinski definition) is 5. The van der Waals surface area contributed by atoms with Crippen LogP contribution in [0.25, 0.3) is 21.3 Å². The summed E-state index contributed by atoms with van der Waals surface area (Å²) in [6, 6.07) is 16.4. The number of fused-ring (bicyclic) bond motifs is 1. The summed E-state index contributed by atoms with van der Waals surface area (Å²) in [6.45, 7) is 9.63. The Hall–Kier alpha value is -3.29. The molecule has 1 amide bonds. The van der Waals surface area contributed by atoms with Gasteiger partial charge in [0.25, 0.3) is 5.56 Å². The van der Waals surface area contributed by atoms with Crippen molar-refractivity contribution in [3.8, 4) is 11.1 Å². The molecule has 0 bridgehead atoms. The number of hydrogen-bond donors (Lipinski definition) is 1. The molecular formula is C28H30N4O2S. The largest absolute Gasteiger partial charge is 0.340 e. The van der Waals surface area contributed by atoms with Gasteiger partial charge in [-0.3, -0.25) is 14.5 Å². The second-order valence-electron chi connectivity index (χ2n) is 9.41. The number of rotatable bonds is 5. The minimum atomic E-state index is -0.0863. The van der Waals surface area contributed by atoms with E-state index in [9.17, 15) is 9.59 Å². The fraction of sp³-hybridized carbons (Fsp3) is 0.321. The van der Waals surface area contributed by atoms with E-state index in [1.807, 2.05) is 43.0 Å². The molecule has 0 aliphatic carbocycles. The van der Waals surface area contributed by atoms with Gasteiger partial charge in [0.1, 0.15) is 10.7 Å². The first kappa shape index (κ1) is 23.5.